The van der Waals surface area contributed by atoms with Crippen molar-refractivity contribution in [2.45, 2.75) is 59.0 Å². The van der Waals surface area contributed by atoms with Gasteiger partial charge in [0.1, 0.15) is 5.82 Å². The molecule has 1 atom stereocenters. The van der Waals surface area contributed by atoms with Crippen molar-refractivity contribution in [2.75, 3.05) is 6.54 Å². The molecule has 0 aliphatic rings. The second-order valence-corrected chi connectivity index (χ2v) is 4.34. The summed E-state index contributed by atoms with van der Waals surface area (Å²) in [5.41, 5.74) is 0. The minimum Gasteiger partial charge on any atom is -0.335 e. The standard InChI is InChI=1S/C13H25N3/c1-4-13-15-9-11-16(13)10-7-6-8-12(3)14-5-2/h9,11-12,14H,4-8,10H2,1-3H3. The van der Waals surface area contributed by atoms with Gasteiger partial charge in [-0.05, 0) is 26.3 Å². The van der Waals surface area contributed by atoms with Crippen LogP contribution in [0.5, 0.6) is 0 Å². The van der Waals surface area contributed by atoms with E-state index in [1.54, 1.807) is 0 Å². The second kappa shape index (κ2) is 7.44. The monoisotopic (exact) mass is 223 g/mol. The minimum atomic E-state index is 0.651. The topological polar surface area (TPSA) is 29.9 Å². The number of nitrogens with one attached hydrogen (secondary N) is 1. The highest BCUT2D eigenvalue weighted by molar-refractivity contribution is 4.91. The number of hydrogen-bond donors (Lipinski definition) is 1. The molecule has 1 rings (SSSR count). The van der Waals surface area contributed by atoms with E-state index in [1.165, 1.54) is 25.1 Å². The molecule has 3 heteroatoms. The van der Waals surface area contributed by atoms with Crippen molar-refractivity contribution in [2.24, 2.45) is 0 Å². The van der Waals surface area contributed by atoms with E-state index in [-0.39, 0.29) is 0 Å². The molecule has 0 spiro atoms. The number of rotatable bonds is 8. The fourth-order valence-electron chi connectivity index (χ4n) is 2.04. The quantitative estimate of drug-likeness (QED) is 0.687. The summed E-state index contributed by atoms with van der Waals surface area (Å²) >= 11 is 0. The van der Waals surface area contributed by atoms with Gasteiger partial charge in [-0.15, -0.1) is 0 Å². The first kappa shape index (κ1) is 13.2. The molecule has 0 amide bonds. The van der Waals surface area contributed by atoms with E-state index < -0.39 is 0 Å². The largest absolute Gasteiger partial charge is 0.335 e. The number of nitrogens with zero attached hydrogens (tertiary/aromatic N) is 2. The van der Waals surface area contributed by atoms with Crippen LogP contribution in [0, 0.1) is 0 Å². The number of imidazole rings is 1. The zero-order valence-corrected chi connectivity index (χ0v) is 10.9. The van der Waals surface area contributed by atoms with Gasteiger partial charge in [0.05, 0.1) is 0 Å². The normalized spacial score (nSPS) is 12.9. The van der Waals surface area contributed by atoms with Gasteiger partial charge in [0.15, 0.2) is 0 Å². The summed E-state index contributed by atoms with van der Waals surface area (Å²) in [6.45, 7) is 8.77. The molecule has 0 aliphatic heterocycles. The first-order valence-electron chi connectivity index (χ1n) is 6.51. The second-order valence-electron chi connectivity index (χ2n) is 4.34. The van der Waals surface area contributed by atoms with Gasteiger partial charge < -0.3 is 9.88 Å². The van der Waals surface area contributed by atoms with Crippen molar-refractivity contribution in [3.63, 3.8) is 0 Å². The summed E-state index contributed by atoms with van der Waals surface area (Å²) in [6.07, 6.45) is 8.83. The highest BCUT2D eigenvalue weighted by atomic mass is 15.1. The van der Waals surface area contributed by atoms with Gasteiger partial charge in [0.2, 0.25) is 0 Å². The molecule has 0 aliphatic carbocycles. The van der Waals surface area contributed by atoms with Crippen LogP contribution >= 0.6 is 0 Å². The first-order chi connectivity index (χ1) is 7.77. The zero-order valence-electron chi connectivity index (χ0n) is 10.9. The van der Waals surface area contributed by atoms with E-state index in [0.29, 0.717) is 6.04 Å². The van der Waals surface area contributed by atoms with Crippen LogP contribution in [-0.2, 0) is 13.0 Å². The van der Waals surface area contributed by atoms with Crippen molar-refractivity contribution in [3.8, 4) is 0 Å². The maximum atomic E-state index is 4.33. The fourth-order valence-corrected chi connectivity index (χ4v) is 2.04. The molecule has 0 bridgehead atoms. The molecule has 0 fully saturated rings. The molecule has 1 aromatic heterocycles. The molecule has 0 aromatic carbocycles. The predicted molar refractivity (Wildman–Crippen MR) is 68.6 cm³/mol. The molecule has 92 valence electrons. The van der Waals surface area contributed by atoms with E-state index in [2.05, 4.69) is 41.8 Å². The molecule has 1 heterocycles. The van der Waals surface area contributed by atoms with Gasteiger partial charge in [0, 0.05) is 31.4 Å². The Morgan fingerprint density at radius 1 is 1.38 bits per heavy atom. The molecular formula is C13H25N3. The molecule has 1 unspecified atom stereocenters. The summed E-state index contributed by atoms with van der Waals surface area (Å²) in [5.74, 6) is 1.21. The molecule has 1 N–H and O–H groups in total. The average molecular weight is 223 g/mol. The lowest BCUT2D eigenvalue weighted by atomic mass is 10.1. The van der Waals surface area contributed by atoms with Crippen molar-refractivity contribution in [3.05, 3.63) is 18.2 Å². The summed E-state index contributed by atoms with van der Waals surface area (Å²) in [6, 6.07) is 0.651. The van der Waals surface area contributed by atoms with Crippen LogP contribution in [0.2, 0.25) is 0 Å². The molecule has 0 saturated heterocycles. The first-order valence-corrected chi connectivity index (χ1v) is 6.51. The lowest BCUT2D eigenvalue weighted by Crippen LogP contribution is -2.25. The fraction of sp³-hybridized carbons (Fsp3) is 0.769. The average Bonchev–Trinajstić information content (AvgIpc) is 2.72. The van der Waals surface area contributed by atoms with E-state index in [9.17, 15) is 0 Å². The summed E-state index contributed by atoms with van der Waals surface area (Å²) < 4.78 is 2.28. The SMILES string of the molecule is CCNC(C)CCCCn1ccnc1CC. The Hall–Kier alpha value is -0.830. The smallest absolute Gasteiger partial charge is 0.108 e. The maximum absolute atomic E-state index is 4.33. The van der Waals surface area contributed by atoms with E-state index in [4.69, 9.17) is 0 Å². The summed E-state index contributed by atoms with van der Waals surface area (Å²) in [4.78, 5) is 4.33. The van der Waals surface area contributed by atoms with E-state index >= 15 is 0 Å². The van der Waals surface area contributed by atoms with Crippen LogP contribution < -0.4 is 5.32 Å². The lowest BCUT2D eigenvalue weighted by Gasteiger charge is -2.12. The Labute approximate surface area is 99.3 Å². The highest BCUT2D eigenvalue weighted by Gasteiger charge is 2.01. The Balaban J connectivity index is 2.16. The summed E-state index contributed by atoms with van der Waals surface area (Å²) in [5, 5.41) is 3.44. The van der Waals surface area contributed by atoms with Crippen molar-refractivity contribution < 1.29 is 0 Å². The van der Waals surface area contributed by atoms with Crippen LogP contribution in [-0.4, -0.2) is 22.1 Å². The van der Waals surface area contributed by atoms with Crippen LogP contribution in [0.25, 0.3) is 0 Å². The number of unbranched alkanes of at least 4 members (excludes halogenated alkanes) is 1. The van der Waals surface area contributed by atoms with Gasteiger partial charge in [-0.1, -0.05) is 20.3 Å². The number of aryl methyl sites for hydroxylation is 2. The third-order valence-corrected chi connectivity index (χ3v) is 2.96. The Morgan fingerprint density at radius 2 is 2.19 bits per heavy atom. The molecule has 0 radical (unpaired) electrons. The van der Waals surface area contributed by atoms with E-state index in [0.717, 1.165) is 19.5 Å². The van der Waals surface area contributed by atoms with Crippen molar-refractivity contribution in [1.82, 2.24) is 14.9 Å². The third kappa shape index (κ3) is 4.35. The van der Waals surface area contributed by atoms with Crippen molar-refractivity contribution in [1.29, 1.82) is 0 Å². The molecular weight excluding hydrogens is 198 g/mol. The number of aromatic nitrogens is 2. The van der Waals surface area contributed by atoms with Crippen LogP contribution in [0.15, 0.2) is 12.4 Å². The van der Waals surface area contributed by atoms with Crippen molar-refractivity contribution >= 4 is 0 Å². The van der Waals surface area contributed by atoms with Gasteiger partial charge >= 0.3 is 0 Å². The van der Waals surface area contributed by atoms with Crippen LogP contribution in [0.1, 0.15) is 45.9 Å². The van der Waals surface area contributed by atoms with Crippen LogP contribution in [0.4, 0.5) is 0 Å². The molecule has 3 nitrogen and oxygen atoms in total. The molecule has 1 aromatic rings. The van der Waals surface area contributed by atoms with Gasteiger partial charge in [-0.3, -0.25) is 0 Å². The van der Waals surface area contributed by atoms with Gasteiger partial charge in [0.25, 0.3) is 0 Å². The predicted octanol–water partition coefficient (Wildman–Crippen LogP) is 2.61. The van der Waals surface area contributed by atoms with Gasteiger partial charge in [-0.2, -0.15) is 0 Å². The summed E-state index contributed by atoms with van der Waals surface area (Å²) in [7, 11) is 0. The Kier molecular flexibility index (Phi) is 6.16. The Bertz CT molecular complexity index is 280. The third-order valence-electron chi connectivity index (χ3n) is 2.96. The Morgan fingerprint density at radius 3 is 2.88 bits per heavy atom. The molecule has 16 heavy (non-hydrogen) atoms. The van der Waals surface area contributed by atoms with Crippen LogP contribution in [0.3, 0.4) is 0 Å². The molecule has 0 saturated carbocycles. The van der Waals surface area contributed by atoms with E-state index in [1.807, 2.05) is 6.20 Å². The minimum absolute atomic E-state index is 0.651. The lowest BCUT2D eigenvalue weighted by molar-refractivity contribution is 0.482. The van der Waals surface area contributed by atoms with Gasteiger partial charge in [-0.25, -0.2) is 4.98 Å². The zero-order chi connectivity index (χ0) is 11.8. The highest BCUT2D eigenvalue weighted by Crippen LogP contribution is 2.05. The number of hydrogen-bond acceptors (Lipinski definition) is 2. The maximum Gasteiger partial charge on any atom is 0.108 e.